The molecule has 4 rings (SSSR count). The van der Waals surface area contributed by atoms with Crippen LogP contribution >= 0.6 is 0 Å². The maximum atomic E-state index is 13.5. The van der Waals surface area contributed by atoms with E-state index < -0.39 is 35.0 Å². The first-order valence-corrected chi connectivity index (χ1v) is 15.0. The molecule has 2 saturated heterocycles. The highest BCUT2D eigenvalue weighted by molar-refractivity contribution is 5.93. The van der Waals surface area contributed by atoms with Crippen LogP contribution in [0.4, 0.5) is 0 Å². The monoisotopic (exact) mass is 579 g/mol. The SMILES string of the molecule is CC(C)(C)C(=O)N1CCC[C@H]1C(=O)N[C@H](Cc1ccc2ccccc2c1)C(=O)NCC(O)CNC(=O)[C@]1(C)CCCN1. The number of rotatable bonds is 10. The lowest BCUT2D eigenvalue weighted by atomic mass is 9.94. The second-order valence-corrected chi connectivity index (χ2v) is 12.8. The first kappa shape index (κ1) is 31.4. The second kappa shape index (κ2) is 13.2. The summed E-state index contributed by atoms with van der Waals surface area (Å²) >= 11 is 0. The summed E-state index contributed by atoms with van der Waals surface area (Å²) in [6.07, 6.45) is 2.11. The van der Waals surface area contributed by atoms with Gasteiger partial charge in [-0.15, -0.1) is 0 Å². The molecule has 228 valence electrons. The first-order chi connectivity index (χ1) is 19.9. The Morgan fingerprint density at radius 2 is 1.76 bits per heavy atom. The molecule has 0 aliphatic carbocycles. The van der Waals surface area contributed by atoms with Crippen molar-refractivity contribution in [3.05, 3.63) is 48.0 Å². The second-order valence-electron chi connectivity index (χ2n) is 12.8. The quantitative estimate of drug-likeness (QED) is 0.290. The van der Waals surface area contributed by atoms with Gasteiger partial charge in [0.05, 0.1) is 11.6 Å². The molecule has 10 nitrogen and oxygen atoms in total. The summed E-state index contributed by atoms with van der Waals surface area (Å²) in [5, 5.41) is 24.2. The molecule has 0 radical (unpaired) electrons. The Morgan fingerprint density at radius 3 is 2.45 bits per heavy atom. The molecule has 5 N–H and O–H groups in total. The van der Waals surface area contributed by atoms with Gasteiger partial charge in [-0.25, -0.2) is 0 Å². The highest BCUT2D eigenvalue weighted by Crippen LogP contribution is 2.26. The zero-order valence-corrected chi connectivity index (χ0v) is 25.2. The highest BCUT2D eigenvalue weighted by Gasteiger charge is 2.40. The fourth-order valence-corrected chi connectivity index (χ4v) is 5.70. The third kappa shape index (κ3) is 7.66. The largest absolute Gasteiger partial charge is 0.389 e. The Labute approximate surface area is 248 Å². The Morgan fingerprint density at radius 1 is 1.05 bits per heavy atom. The summed E-state index contributed by atoms with van der Waals surface area (Å²) in [6, 6.07) is 12.3. The van der Waals surface area contributed by atoms with Crippen molar-refractivity contribution >= 4 is 34.4 Å². The van der Waals surface area contributed by atoms with E-state index in [-0.39, 0.29) is 37.2 Å². The van der Waals surface area contributed by atoms with E-state index in [2.05, 4.69) is 21.3 Å². The normalized spacial score (nSPS) is 22.0. The standard InChI is InChI=1S/C32H45N5O5/c1-31(2,3)30(42)37-16-7-11-26(37)28(40)36-25(18-21-12-13-22-9-5-6-10-23(22)17-21)27(39)33-19-24(38)20-34-29(41)32(4)14-8-15-35-32/h5-6,9-10,12-13,17,24-26,35,38H,7-8,11,14-16,18-20H2,1-4H3,(H,33,39)(H,34,41)(H,36,40)/t24?,25-,26+,32+/m1/s1. The zero-order chi connectivity index (χ0) is 30.5. The van der Waals surface area contributed by atoms with Gasteiger partial charge >= 0.3 is 0 Å². The van der Waals surface area contributed by atoms with Crippen LogP contribution < -0.4 is 21.3 Å². The number of hydrogen-bond donors (Lipinski definition) is 5. The van der Waals surface area contributed by atoms with Crippen molar-refractivity contribution in [2.75, 3.05) is 26.2 Å². The van der Waals surface area contributed by atoms with Crippen LogP contribution in [0.1, 0.15) is 58.9 Å². The van der Waals surface area contributed by atoms with Crippen molar-refractivity contribution in [2.24, 2.45) is 5.41 Å². The van der Waals surface area contributed by atoms with E-state index in [4.69, 9.17) is 0 Å². The predicted octanol–water partition coefficient (Wildman–Crippen LogP) is 1.64. The van der Waals surface area contributed by atoms with Gasteiger partial charge in [-0.2, -0.15) is 0 Å². The molecule has 2 heterocycles. The summed E-state index contributed by atoms with van der Waals surface area (Å²) in [5.41, 5.74) is -0.407. The number of nitrogens with zero attached hydrogens (tertiary/aromatic N) is 1. The average Bonchev–Trinajstić information content (AvgIpc) is 3.63. The zero-order valence-electron chi connectivity index (χ0n) is 25.2. The van der Waals surface area contributed by atoms with Crippen LogP contribution in [0.15, 0.2) is 42.5 Å². The summed E-state index contributed by atoms with van der Waals surface area (Å²) in [5.74, 6) is -1.09. The number of carbonyl (C=O) groups excluding carboxylic acids is 4. The molecule has 1 unspecified atom stereocenters. The number of aliphatic hydroxyl groups excluding tert-OH is 1. The number of carbonyl (C=O) groups is 4. The highest BCUT2D eigenvalue weighted by atomic mass is 16.3. The molecule has 2 aromatic rings. The molecule has 10 heteroatoms. The maximum Gasteiger partial charge on any atom is 0.243 e. The van der Waals surface area contributed by atoms with Crippen molar-refractivity contribution in [2.45, 2.75) is 83.5 Å². The van der Waals surface area contributed by atoms with Crippen molar-refractivity contribution < 1.29 is 24.3 Å². The lowest BCUT2D eigenvalue weighted by molar-refractivity contribution is -0.145. The maximum absolute atomic E-state index is 13.5. The van der Waals surface area contributed by atoms with E-state index in [1.54, 1.807) is 4.90 Å². The summed E-state index contributed by atoms with van der Waals surface area (Å²) in [7, 11) is 0. The Balaban J connectivity index is 1.42. The van der Waals surface area contributed by atoms with Crippen LogP contribution in [0.2, 0.25) is 0 Å². The van der Waals surface area contributed by atoms with Crippen LogP contribution in [-0.4, -0.2) is 83.5 Å². The van der Waals surface area contributed by atoms with Gasteiger partial charge in [-0.05, 0) is 55.5 Å². The molecular weight excluding hydrogens is 534 g/mol. The van der Waals surface area contributed by atoms with Gasteiger partial charge in [-0.1, -0.05) is 63.2 Å². The predicted molar refractivity (Wildman–Crippen MR) is 161 cm³/mol. The minimum atomic E-state index is -1.00. The molecular formula is C32H45N5O5. The summed E-state index contributed by atoms with van der Waals surface area (Å²) < 4.78 is 0. The van der Waals surface area contributed by atoms with Gasteiger partial charge in [-0.3, -0.25) is 19.2 Å². The van der Waals surface area contributed by atoms with Gasteiger partial charge in [0.1, 0.15) is 12.1 Å². The van der Waals surface area contributed by atoms with Gasteiger partial charge in [0.25, 0.3) is 0 Å². The van der Waals surface area contributed by atoms with Gasteiger partial charge in [0, 0.05) is 31.5 Å². The average molecular weight is 580 g/mol. The Hall–Kier alpha value is -3.50. The molecule has 4 atom stereocenters. The van der Waals surface area contributed by atoms with Crippen LogP contribution in [0.3, 0.4) is 0 Å². The minimum absolute atomic E-state index is 0.00989. The van der Waals surface area contributed by atoms with Crippen molar-refractivity contribution in [1.29, 1.82) is 0 Å². The topological polar surface area (TPSA) is 140 Å². The Kier molecular flexibility index (Phi) is 9.89. The molecule has 42 heavy (non-hydrogen) atoms. The number of nitrogens with one attached hydrogen (secondary N) is 4. The number of fused-ring (bicyclic) bond motifs is 1. The van der Waals surface area contributed by atoms with Gasteiger partial charge < -0.3 is 31.3 Å². The smallest absolute Gasteiger partial charge is 0.243 e. The van der Waals surface area contributed by atoms with Gasteiger partial charge in [0.15, 0.2) is 0 Å². The van der Waals surface area contributed by atoms with E-state index >= 15 is 0 Å². The molecule has 2 aromatic carbocycles. The van der Waals surface area contributed by atoms with Gasteiger partial charge in [0.2, 0.25) is 23.6 Å². The lowest BCUT2D eigenvalue weighted by Gasteiger charge is -2.31. The van der Waals surface area contributed by atoms with E-state index in [0.717, 1.165) is 35.7 Å². The minimum Gasteiger partial charge on any atom is -0.389 e. The molecule has 2 fully saturated rings. The van der Waals surface area contributed by atoms with E-state index in [1.165, 1.54) is 0 Å². The molecule has 0 spiro atoms. The van der Waals surface area contributed by atoms with Crippen LogP contribution in [0.25, 0.3) is 10.8 Å². The summed E-state index contributed by atoms with van der Waals surface area (Å²) in [6.45, 7) is 8.50. The fraction of sp³-hybridized carbons (Fsp3) is 0.562. The number of aliphatic hydroxyl groups is 1. The lowest BCUT2D eigenvalue weighted by Crippen LogP contribution is -2.56. The molecule has 0 aromatic heterocycles. The van der Waals surface area contributed by atoms with Crippen molar-refractivity contribution in [1.82, 2.24) is 26.2 Å². The number of benzene rings is 2. The van der Waals surface area contributed by atoms with Crippen molar-refractivity contribution in [3.8, 4) is 0 Å². The molecule has 0 bridgehead atoms. The van der Waals surface area contributed by atoms with E-state index in [1.807, 2.05) is 70.2 Å². The van der Waals surface area contributed by atoms with E-state index in [0.29, 0.717) is 19.4 Å². The Bertz CT molecular complexity index is 1300. The third-order valence-electron chi connectivity index (χ3n) is 8.22. The van der Waals surface area contributed by atoms with Crippen LogP contribution in [-0.2, 0) is 25.6 Å². The molecule has 2 aliphatic rings. The fourth-order valence-electron chi connectivity index (χ4n) is 5.70. The third-order valence-corrected chi connectivity index (χ3v) is 8.22. The first-order valence-electron chi connectivity index (χ1n) is 15.0. The van der Waals surface area contributed by atoms with Crippen LogP contribution in [0, 0.1) is 5.41 Å². The number of likely N-dealkylation sites (tertiary alicyclic amines) is 1. The molecule has 2 aliphatic heterocycles. The molecule has 4 amide bonds. The number of amides is 4. The molecule has 0 saturated carbocycles. The van der Waals surface area contributed by atoms with Crippen molar-refractivity contribution in [3.63, 3.8) is 0 Å². The van der Waals surface area contributed by atoms with E-state index in [9.17, 15) is 24.3 Å². The number of hydrogen-bond acceptors (Lipinski definition) is 6. The summed E-state index contributed by atoms with van der Waals surface area (Å²) in [4.78, 5) is 54.1. The van der Waals surface area contributed by atoms with Crippen LogP contribution in [0.5, 0.6) is 0 Å².